The Morgan fingerprint density at radius 2 is 1.80 bits per heavy atom. The summed E-state index contributed by atoms with van der Waals surface area (Å²) in [5, 5.41) is 0. The molecule has 1 aliphatic heterocycles. The third-order valence-corrected chi connectivity index (χ3v) is 5.60. The zero-order valence-electron chi connectivity index (χ0n) is 15.3. The number of carbonyl (C=O) groups is 2. The smallest absolute Gasteiger partial charge is 0.225 e. The molecule has 0 saturated heterocycles. The van der Waals surface area contributed by atoms with Gasteiger partial charge in [0.15, 0.2) is 0 Å². The highest BCUT2D eigenvalue weighted by Gasteiger charge is 2.30. The van der Waals surface area contributed by atoms with Crippen LogP contribution in [0.2, 0.25) is 0 Å². The lowest BCUT2D eigenvalue weighted by atomic mass is 9.93. The van der Waals surface area contributed by atoms with Gasteiger partial charge in [0.2, 0.25) is 11.8 Å². The second-order valence-electron chi connectivity index (χ2n) is 7.24. The molecule has 1 heterocycles. The predicted molar refractivity (Wildman–Crippen MR) is 99.6 cm³/mol. The van der Waals surface area contributed by atoms with Crippen molar-refractivity contribution in [3.8, 4) is 0 Å². The number of hydrogen-bond acceptors (Lipinski definition) is 2. The van der Waals surface area contributed by atoms with Crippen molar-refractivity contribution in [3.05, 3.63) is 41.6 Å². The number of fused-ring (bicyclic) bond motifs is 1. The fraction of sp³-hybridized carbons (Fsp3) is 0.524. The zero-order valence-corrected chi connectivity index (χ0v) is 15.3. The third kappa shape index (κ3) is 3.94. The van der Waals surface area contributed by atoms with Crippen LogP contribution in [-0.2, 0) is 9.59 Å². The molecular weight excluding hydrogens is 312 g/mol. The van der Waals surface area contributed by atoms with Gasteiger partial charge in [-0.3, -0.25) is 9.59 Å². The molecule has 1 aromatic rings. The van der Waals surface area contributed by atoms with Crippen LogP contribution in [0.4, 0.5) is 0 Å². The first-order valence-electron chi connectivity index (χ1n) is 9.39. The molecule has 2 aliphatic rings. The standard InChI is InChI=1S/C21H28N2O2/c1-16(24)23-14-13-17-9-7-8-12-19(17)20(23)15-21(25)22(2)18-10-5-3-4-6-11-18/h7-9,12-14,18,20H,3-6,10-11,15H2,1-2H3. The molecule has 1 aliphatic carbocycles. The Bertz CT molecular complexity index is 660. The molecule has 0 aromatic heterocycles. The van der Waals surface area contributed by atoms with Gasteiger partial charge in [0.1, 0.15) is 0 Å². The Kier molecular flexibility index (Phi) is 5.57. The molecule has 0 spiro atoms. The minimum Gasteiger partial charge on any atom is -0.343 e. The van der Waals surface area contributed by atoms with E-state index in [0.29, 0.717) is 12.5 Å². The number of hydrogen-bond donors (Lipinski definition) is 0. The number of benzene rings is 1. The molecule has 3 rings (SSSR count). The van der Waals surface area contributed by atoms with Crippen molar-refractivity contribution < 1.29 is 9.59 Å². The first-order valence-corrected chi connectivity index (χ1v) is 9.39. The van der Waals surface area contributed by atoms with Gasteiger partial charge in [-0.05, 0) is 30.0 Å². The van der Waals surface area contributed by atoms with Crippen LogP contribution in [-0.4, -0.2) is 34.7 Å². The van der Waals surface area contributed by atoms with Gasteiger partial charge in [0.05, 0.1) is 12.5 Å². The molecule has 0 N–H and O–H groups in total. The molecule has 25 heavy (non-hydrogen) atoms. The summed E-state index contributed by atoms with van der Waals surface area (Å²) in [6, 6.07) is 8.16. The lowest BCUT2D eigenvalue weighted by molar-refractivity contribution is -0.135. The molecule has 4 heteroatoms. The Hall–Kier alpha value is -2.10. The van der Waals surface area contributed by atoms with E-state index in [1.165, 1.54) is 25.7 Å². The van der Waals surface area contributed by atoms with Crippen LogP contribution in [0.1, 0.15) is 69.0 Å². The van der Waals surface area contributed by atoms with Crippen molar-refractivity contribution in [2.24, 2.45) is 0 Å². The largest absolute Gasteiger partial charge is 0.343 e. The topological polar surface area (TPSA) is 40.6 Å². The van der Waals surface area contributed by atoms with E-state index >= 15 is 0 Å². The lowest BCUT2D eigenvalue weighted by Crippen LogP contribution is -2.40. The fourth-order valence-corrected chi connectivity index (χ4v) is 4.07. The second-order valence-corrected chi connectivity index (χ2v) is 7.24. The molecule has 1 saturated carbocycles. The monoisotopic (exact) mass is 340 g/mol. The summed E-state index contributed by atoms with van der Waals surface area (Å²) in [5.74, 6) is 0.105. The summed E-state index contributed by atoms with van der Waals surface area (Å²) >= 11 is 0. The highest BCUT2D eigenvalue weighted by atomic mass is 16.2. The molecule has 4 nitrogen and oxygen atoms in total. The quantitative estimate of drug-likeness (QED) is 0.776. The van der Waals surface area contributed by atoms with E-state index in [9.17, 15) is 9.59 Å². The molecular formula is C21H28N2O2. The molecule has 1 atom stereocenters. The van der Waals surface area contributed by atoms with E-state index < -0.39 is 0 Å². The van der Waals surface area contributed by atoms with E-state index in [2.05, 4.69) is 0 Å². The minimum absolute atomic E-state index is 0.0272. The summed E-state index contributed by atoms with van der Waals surface area (Å²) in [5.41, 5.74) is 2.15. The summed E-state index contributed by atoms with van der Waals surface area (Å²) in [6.07, 6.45) is 11.3. The number of amides is 2. The zero-order chi connectivity index (χ0) is 17.8. The Morgan fingerprint density at radius 1 is 1.12 bits per heavy atom. The van der Waals surface area contributed by atoms with Gasteiger partial charge in [-0.1, -0.05) is 49.9 Å². The average molecular weight is 340 g/mol. The average Bonchev–Trinajstić information content (AvgIpc) is 2.90. The maximum Gasteiger partial charge on any atom is 0.225 e. The Morgan fingerprint density at radius 3 is 2.48 bits per heavy atom. The number of rotatable bonds is 3. The Balaban J connectivity index is 1.77. The number of carbonyl (C=O) groups excluding carboxylic acids is 2. The molecule has 0 bridgehead atoms. The van der Waals surface area contributed by atoms with Crippen molar-refractivity contribution in [2.45, 2.75) is 64.0 Å². The highest BCUT2D eigenvalue weighted by molar-refractivity contribution is 5.82. The van der Waals surface area contributed by atoms with E-state index in [-0.39, 0.29) is 17.9 Å². The van der Waals surface area contributed by atoms with E-state index in [4.69, 9.17) is 0 Å². The molecule has 134 valence electrons. The van der Waals surface area contributed by atoms with Gasteiger partial charge >= 0.3 is 0 Å². The van der Waals surface area contributed by atoms with Crippen molar-refractivity contribution in [2.75, 3.05) is 7.05 Å². The van der Waals surface area contributed by atoms with Gasteiger partial charge in [-0.2, -0.15) is 0 Å². The molecule has 1 fully saturated rings. The van der Waals surface area contributed by atoms with Gasteiger partial charge in [-0.25, -0.2) is 0 Å². The number of nitrogens with zero attached hydrogens (tertiary/aromatic N) is 2. The Labute approximate surface area is 150 Å². The van der Waals surface area contributed by atoms with Crippen molar-refractivity contribution in [1.29, 1.82) is 0 Å². The summed E-state index contributed by atoms with van der Waals surface area (Å²) in [4.78, 5) is 28.7. The lowest BCUT2D eigenvalue weighted by Gasteiger charge is -2.35. The summed E-state index contributed by atoms with van der Waals surface area (Å²) in [6.45, 7) is 1.56. The molecule has 0 radical (unpaired) electrons. The van der Waals surface area contributed by atoms with E-state index in [1.54, 1.807) is 11.8 Å². The van der Waals surface area contributed by atoms with Gasteiger partial charge in [0.25, 0.3) is 0 Å². The van der Waals surface area contributed by atoms with Crippen LogP contribution in [0.3, 0.4) is 0 Å². The van der Waals surface area contributed by atoms with E-state index in [0.717, 1.165) is 24.0 Å². The maximum atomic E-state index is 13.0. The first kappa shape index (κ1) is 17.7. The first-order chi connectivity index (χ1) is 12.1. The van der Waals surface area contributed by atoms with Gasteiger partial charge in [-0.15, -0.1) is 0 Å². The van der Waals surface area contributed by atoms with Crippen LogP contribution in [0.5, 0.6) is 0 Å². The fourth-order valence-electron chi connectivity index (χ4n) is 4.07. The van der Waals surface area contributed by atoms with Crippen LogP contribution >= 0.6 is 0 Å². The van der Waals surface area contributed by atoms with Crippen LogP contribution in [0.25, 0.3) is 6.08 Å². The van der Waals surface area contributed by atoms with Crippen LogP contribution in [0, 0.1) is 0 Å². The molecule has 1 unspecified atom stereocenters. The normalized spacial score (nSPS) is 20.7. The highest BCUT2D eigenvalue weighted by Crippen LogP contribution is 2.33. The summed E-state index contributed by atoms with van der Waals surface area (Å²) < 4.78 is 0. The van der Waals surface area contributed by atoms with Crippen molar-refractivity contribution in [3.63, 3.8) is 0 Å². The second kappa shape index (κ2) is 7.85. The van der Waals surface area contributed by atoms with Crippen molar-refractivity contribution >= 4 is 17.9 Å². The maximum absolute atomic E-state index is 13.0. The molecule has 1 aromatic carbocycles. The van der Waals surface area contributed by atoms with Gasteiger partial charge < -0.3 is 9.80 Å². The minimum atomic E-state index is -0.209. The summed E-state index contributed by atoms with van der Waals surface area (Å²) in [7, 11) is 1.93. The SMILES string of the molecule is CC(=O)N1C=Cc2ccccc2C1CC(=O)N(C)C1CCCCCC1. The van der Waals surface area contributed by atoms with Crippen LogP contribution < -0.4 is 0 Å². The van der Waals surface area contributed by atoms with E-state index in [1.807, 2.05) is 48.5 Å². The van der Waals surface area contributed by atoms with Crippen molar-refractivity contribution in [1.82, 2.24) is 9.80 Å². The van der Waals surface area contributed by atoms with Crippen LogP contribution in [0.15, 0.2) is 30.5 Å². The predicted octanol–water partition coefficient (Wildman–Crippen LogP) is 4.13. The third-order valence-electron chi connectivity index (χ3n) is 5.60. The molecule has 2 amide bonds. The van der Waals surface area contributed by atoms with Gasteiger partial charge in [0, 0.05) is 26.2 Å².